The number of likely N-dealkylation sites (tertiary alicyclic amines) is 1. The molecule has 14 heteroatoms. The molecule has 0 aromatic heterocycles. The fourth-order valence-electron chi connectivity index (χ4n) is 6.39. The Balaban J connectivity index is 1.59. The maximum atomic E-state index is 15.3. The number of nitrogens with one attached hydrogen (secondary N) is 1. The van der Waals surface area contributed by atoms with Gasteiger partial charge in [0.05, 0.1) is 23.8 Å². The van der Waals surface area contributed by atoms with E-state index in [0.717, 1.165) is 6.07 Å². The largest absolute Gasteiger partial charge is 0.508 e. The highest BCUT2D eigenvalue weighted by atomic mass is 19.1. The van der Waals surface area contributed by atoms with Crippen molar-refractivity contribution in [3.8, 4) is 5.75 Å². The molecule has 0 bridgehead atoms. The molecule has 5 rings (SSSR count). The van der Waals surface area contributed by atoms with Gasteiger partial charge in [0, 0.05) is 36.2 Å². The number of ketones is 2. The van der Waals surface area contributed by atoms with Crippen LogP contribution in [0.2, 0.25) is 0 Å². The highest BCUT2D eigenvalue weighted by Crippen LogP contribution is 2.53. The van der Waals surface area contributed by atoms with E-state index in [1.807, 2.05) is 0 Å². The zero-order chi connectivity index (χ0) is 29.4. The van der Waals surface area contributed by atoms with E-state index in [0.29, 0.717) is 0 Å². The van der Waals surface area contributed by atoms with Gasteiger partial charge < -0.3 is 31.5 Å². The van der Waals surface area contributed by atoms with Crippen molar-refractivity contribution < 1.29 is 48.4 Å². The number of carbonyl (C=O) groups is 4. The third-order valence-corrected chi connectivity index (χ3v) is 8.22. The number of amides is 2. The van der Waals surface area contributed by atoms with Crippen LogP contribution in [0.25, 0.3) is 5.76 Å². The van der Waals surface area contributed by atoms with E-state index in [1.165, 1.54) is 23.9 Å². The number of anilines is 1. The third kappa shape index (κ3) is 3.89. The number of phenolic OH excluding ortho intramolecular Hbond substituents is 1. The van der Waals surface area contributed by atoms with Gasteiger partial charge in [0.2, 0.25) is 11.7 Å². The SMILES string of the molecule is CN(C)[C@@H]1C(=O)C(C(N)=O)=C(O)[C@@]2(O)C(=O)C3=C(O)c4c(O)c(NC(=O)CN5CC(F)C5)cc(F)c4C[C@H]3C[C@@H]12. The van der Waals surface area contributed by atoms with Crippen molar-refractivity contribution in [1.29, 1.82) is 0 Å². The van der Waals surface area contributed by atoms with Crippen LogP contribution in [0, 0.1) is 17.7 Å². The van der Waals surface area contributed by atoms with Crippen LogP contribution in [0.5, 0.6) is 5.75 Å². The minimum absolute atomic E-state index is 0.0529. The van der Waals surface area contributed by atoms with Crippen molar-refractivity contribution in [2.75, 3.05) is 39.0 Å². The second-order valence-electron chi connectivity index (χ2n) is 10.9. The highest BCUT2D eigenvalue weighted by Gasteiger charge is 2.64. The van der Waals surface area contributed by atoms with Crippen LogP contribution in [0.1, 0.15) is 17.5 Å². The maximum absolute atomic E-state index is 15.3. The van der Waals surface area contributed by atoms with Gasteiger partial charge in [-0.15, -0.1) is 0 Å². The molecule has 1 aromatic carbocycles. The van der Waals surface area contributed by atoms with Crippen LogP contribution in [0.3, 0.4) is 0 Å². The van der Waals surface area contributed by atoms with Crippen LogP contribution in [-0.4, -0.2) is 105 Å². The Labute approximate surface area is 226 Å². The number of hydrogen-bond acceptors (Lipinski definition) is 10. The van der Waals surface area contributed by atoms with E-state index in [2.05, 4.69) is 5.32 Å². The Bertz CT molecular complexity index is 1430. The first-order valence-electron chi connectivity index (χ1n) is 12.5. The number of halogens is 2. The van der Waals surface area contributed by atoms with E-state index < -0.39 is 98.5 Å². The number of primary amides is 1. The fraction of sp³-hybridized carbons (Fsp3) is 0.462. The van der Waals surface area contributed by atoms with Crippen molar-refractivity contribution in [1.82, 2.24) is 9.80 Å². The molecule has 0 unspecified atom stereocenters. The molecule has 2 amide bonds. The topological polar surface area (TPSA) is 194 Å². The van der Waals surface area contributed by atoms with Crippen molar-refractivity contribution in [2.24, 2.45) is 17.6 Å². The zero-order valence-corrected chi connectivity index (χ0v) is 21.6. The molecular formula is C26H28F2N4O8. The van der Waals surface area contributed by atoms with Gasteiger partial charge in [-0.05, 0) is 32.9 Å². The molecule has 1 saturated carbocycles. The predicted molar refractivity (Wildman–Crippen MR) is 134 cm³/mol. The molecule has 40 heavy (non-hydrogen) atoms. The Morgan fingerprint density at radius 2 is 1.88 bits per heavy atom. The summed E-state index contributed by atoms with van der Waals surface area (Å²) in [4.78, 5) is 54.2. The summed E-state index contributed by atoms with van der Waals surface area (Å²) in [6.07, 6.45) is -1.46. The molecule has 1 heterocycles. The van der Waals surface area contributed by atoms with Gasteiger partial charge in [-0.1, -0.05) is 0 Å². The number of phenols is 1. The quantitative estimate of drug-likeness (QED) is 0.205. The summed E-state index contributed by atoms with van der Waals surface area (Å²) in [5.74, 6) is -10.2. The summed E-state index contributed by atoms with van der Waals surface area (Å²) in [7, 11) is 2.94. The minimum atomic E-state index is -2.82. The average molecular weight is 563 g/mol. The van der Waals surface area contributed by atoms with Gasteiger partial charge in [0.15, 0.2) is 17.1 Å². The number of alkyl halides is 1. The Hall–Kier alpha value is -3.88. The second kappa shape index (κ2) is 9.35. The fourth-order valence-corrected chi connectivity index (χ4v) is 6.39. The lowest BCUT2D eigenvalue weighted by Crippen LogP contribution is -2.65. The summed E-state index contributed by atoms with van der Waals surface area (Å²) < 4.78 is 28.4. The molecule has 0 spiro atoms. The second-order valence-corrected chi connectivity index (χ2v) is 10.9. The van der Waals surface area contributed by atoms with Gasteiger partial charge in [0.1, 0.15) is 29.1 Å². The summed E-state index contributed by atoms with van der Waals surface area (Å²) in [5, 5.41) is 46.9. The molecule has 0 radical (unpaired) electrons. The van der Waals surface area contributed by atoms with Crippen molar-refractivity contribution in [3.63, 3.8) is 0 Å². The smallest absolute Gasteiger partial charge is 0.255 e. The lowest BCUT2D eigenvalue weighted by Gasteiger charge is -2.50. The molecule has 1 aliphatic heterocycles. The van der Waals surface area contributed by atoms with E-state index in [9.17, 15) is 44.0 Å². The molecule has 7 N–H and O–H groups in total. The first-order chi connectivity index (χ1) is 18.7. The van der Waals surface area contributed by atoms with Crippen molar-refractivity contribution >= 4 is 34.8 Å². The number of nitrogens with two attached hydrogens (primary N) is 1. The van der Waals surface area contributed by atoms with Crippen LogP contribution in [0.4, 0.5) is 14.5 Å². The lowest BCUT2D eigenvalue weighted by molar-refractivity contribution is -0.153. The number of likely N-dealkylation sites (N-methyl/N-ethyl adjacent to an activating group) is 1. The first-order valence-corrected chi connectivity index (χ1v) is 12.5. The van der Waals surface area contributed by atoms with Crippen molar-refractivity contribution in [3.05, 3.63) is 39.9 Å². The van der Waals surface area contributed by atoms with E-state index in [4.69, 9.17) is 5.73 Å². The van der Waals surface area contributed by atoms with E-state index in [-0.39, 0.29) is 38.0 Å². The van der Waals surface area contributed by atoms with E-state index >= 15 is 4.39 Å². The summed E-state index contributed by atoms with van der Waals surface area (Å²) in [6.45, 7) is -0.116. The van der Waals surface area contributed by atoms with Gasteiger partial charge in [0.25, 0.3) is 5.91 Å². The van der Waals surface area contributed by atoms with Crippen molar-refractivity contribution in [2.45, 2.75) is 30.7 Å². The number of aliphatic hydroxyl groups excluding tert-OH is 2. The van der Waals surface area contributed by atoms with Crippen LogP contribution >= 0.6 is 0 Å². The number of hydrogen-bond donors (Lipinski definition) is 6. The average Bonchev–Trinajstić information content (AvgIpc) is 2.83. The summed E-state index contributed by atoms with van der Waals surface area (Å²) >= 11 is 0. The van der Waals surface area contributed by atoms with Gasteiger partial charge in [-0.2, -0.15) is 0 Å². The number of carbonyl (C=O) groups excluding carboxylic acids is 4. The predicted octanol–water partition coefficient (Wildman–Crippen LogP) is -0.305. The molecule has 4 atom stereocenters. The molecule has 4 aliphatic rings. The van der Waals surface area contributed by atoms with Gasteiger partial charge in [-0.3, -0.25) is 29.0 Å². The molecule has 3 aliphatic carbocycles. The molecule has 1 aromatic rings. The standard InChI is InChI=1S/C26H28F2N4O8/c1-31(2)19-12-4-9-3-11-13(28)5-14(30-15(33)8-32-6-10(27)7-32)20(34)17(11)21(35)16(9)23(37)26(12,40)24(38)18(22(19)36)25(29)39/h5,9-10,12,19,34-35,38,40H,3-4,6-8H2,1-2H3,(H2,29,39)(H,30,33)/t9-,12-,19-,26-/m0/s1. The number of aliphatic hydroxyl groups is 3. The number of benzene rings is 1. The number of Topliss-reactive ketones (excluding diaryl/α,β-unsaturated/α-hetero) is 2. The normalized spacial score (nSPS) is 28.7. The van der Waals surface area contributed by atoms with Crippen LogP contribution < -0.4 is 11.1 Å². The molecule has 214 valence electrons. The summed E-state index contributed by atoms with van der Waals surface area (Å²) in [6, 6.07) is -0.396. The monoisotopic (exact) mass is 562 g/mol. The lowest BCUT2D eigenvalue weighted by atomic mass is 9.57. The maximum Gasteiger partial charge on any atom is 0.255 e. The number of fused-ring (bicyclic) bond motifs is 3. The number of aromatic hydroxyl groups is 1. The van der Waals surface area contributed by atoms with Gasteiger partial charge in [-0.25, -0.2) is 8.78 Å². The highest BCUT2D eigenvalue weighted by molar-refractivity contribution is 6.24. The zero-order valence-electron chi connectivity index (χ0n) is 21.6. The summed E-state index contributed by atoms with van der Waals surface area (Å²) in [5.41, 5.74) is 0.0264. The first kappa shape index (κ1) is 27.7. The molecule has 12 nitrogen and oxygen atoms in total. The van der Waals surface area contributed by atoms with Crippen LogP contribution in [-0.2, 0) is 25.6 Å². The van der Waals surface area contributed by atoms with Crippen LogP contribution in [0.15, 0.2) is 23.0 Å². The Morgan fingerprint density at radius 1 is 1.23 bits per heavy atom. The Morgan fingerprint density at radius 3 is 2.45 bits per heavy atom. The number of nitrogens with zero attached hydrogens (tertiary/aromatic N) is 2. The van der Waals surface area contributed by atoms with Gasteiger partial charge >= 0.3 is 0 Å². The number of rotatable bonds is 5. The third-order valence-electron chi connectivity index (χ3n) is 8.22. The Kier molecular flexibility index (Phi) is 6.47. The minimum Gasteiger partial charge on any atom is -0.508 e. The van der Waals surface area contributed by atoms with E-state index in [1.54, 1.807) is 0 Å². The molecular weight excluding hydrogens is 534 g/mol. The molecule has 2 fully saturated rings. The molecule has 1 saturated heterocycles.